The Labute approximate surface area is 167 Å². The van der Waals surface area contributed by atoms with E-state index >= 15 is 0 Å². The first-order valence-electron chi connectivity index (χ1n) is 9.69. The number of benzene rings is 1. The number of aromatic nitrogens is 2. The van der Waals surface area contributed by atoms with Crippen molar-refractivity contribution >= 4 is 34.2 Å². The van der Waals surface area contributed by atoms with Crippen molar-refractivity contribution in [2.45, 2.75) is 44.9 Å². The minimum atomic E-state index is -0.272. The summed E-state index contributed by atoms with van der Waals surface area (Å²) in [7, 11) is 0. The number of rotatable bonds is 6. The first-order chi connectivity index (χ1) is 13.6. The number of imide groups is 1. The Bertz CT molecular complexity index is 869. The fourth-order valence-corrected chi connectivity index (χ4v) is 4.62. The van der Waals surface area contributed by atoms with Crippen molar-refractivity contribution in [2.24, 2.45) is 5.92 Å². The highest BCUT2D eigenvalue weighted by atomic mass is 32.1. The molecule has 0 spiro atoms. The van der Waals surface area contributed by atoms with Gasteiger partial charge in [-0.3, -0.25) is 19.3 Å². The molecule has 1 saturated carbocycles. The second-order valence-corrected chi connectivity index (χ2v) is 8.38. The molecule has 146 valence electrons. The van der Waals surface area contributed by atoms with Crippen LogP contribution in [0.2, 0.25) is 0 Å². The third kappa shape index (κ3) is 3.96. The van der Waals surface area contributed by atoms with Crippen molar-refractivity contribution in [3.63, 3.8) is 0 Å². The fourth-order valence-electron chi connectivity index (χ4n) is 3.88. The lowest BCUT2D eigenvalue weighted by molar-refractivity contribution is -0.117. The van der Waals surface area contributed by atoms with Gasteiger partial charge in [0.2, 0.25) is 11.0 Å². The Morgan fingerprint density at radius 3 is 2.43 bits per heavy atom. The van der Waals surface area contributed by atoms with Gasteiger partial charge in [0.15, 0.2) is 0 Å². The van der Waals surface area contributed by atoms with E-state index in [1.807, 2.05) is 0 Å². The third-order valence-corrected chi connectivity index (χ3v) is 6.24. The molecule has 1 aromatic carbocycles. The summed E-state index contributed by atoms with van der Waals surface area (Å²) in [4.78, 5) is 38.2. The molecule has 0 radical (unpaired) electrons. The number of hydrogen-bond donors (Lipinski definition) is 1. The Balaban J connectivity index is 1.30. The highest BCUT2D eigenvalue weighted by Gasteiger charge is 2.34. The number of hydrogen-bond acceptors (Lipinski definition) is 6. The lowest BCUT2D eigenvalue weighted by Crippen LogP contribution is -2.31. The van der Waals surface area contributed by atoms with Gasteiger partial charge in [0.1, 0.15) is 5.01 Å². The molecule has 7 nitrogen and oxygen atoms in total. The van der Waals surface area contributed by atoms with Crippen LogP contribution in [0.1, 0.15) is 64.2 Å². The zero-order valence-electron chi connectivity index (χ0n) is 15.5. The van der Waals surface area contributed by atoms with Gasteiger partial charge < -0.3 is 5.32 Å². The van der Waals surface area contributed by atoms with Gasteiger partial charge in [-0.2, -0.15) is 0 Å². The molecule has 1 aromatic heterocycles. The average molecular weight is 398 g/mol. The predicted octanol–water partition coefficient (Wildman–Crippen LogP) is 3.29. The van der Waals surface area contributed by atoms with E-state index in [0.29, 0.717) is 40.0 Å². The van der Waals surface area contributed by atoms with E-state index in [4.69, 9.17) is 0 Å². The van der Waals surface area contributed by atoms with Gasteiger partial charge in [-0.15, -0.1) is 10.2 Å². The molecule has 3 amide bonds. The lowest BCUT2D eigenvalue weighted by atomic mass is 9.87. The molecule has 1 N–H and O–H groups in total. The topological polar surface area (TPSA) is 92.3 Å². The number of carbonyl (C=O) groups excluding carboxylic acids is 3. The largest absolute Gasteiger partial charge is 0.301 e. The Morgan fingerprint density at radius 2 is 1.75 bits per heavy atom. The zero-order chi connectivity index (χ0) is 19.5. The second kappa shape index (κ2) is 8.18. The minimum absolute atomic E-state index is 0.0186. The van der Waals surface area contributed by atoms with Crippen molar-refractivity contribution < 1.29 is 14.4 Å². The molecular weight excluding hydrogens is 376 g/mol. The predicted molar refractivity (Wildman–Crippen MR) is 105 cm³/mol. The van der Waals surface area contributed by atoms with Crippen molar-refractivity contribution in [1.82, 2.24) is 15.1 Å². The molecule has 1 fully saturated rings. The van der Waals surface area contributed by atoms with Crippen molar-refractivity contribution in [3.05, 3.63) is 40.4 Å². The monoisotopic (exact) mass is 398 g/mol. The molecule has 2 aromatic rings. The van der Waals surface area contributed by atoms with Crippen LogP contribution < -0.4 is 5.32 Å². The summed E-state index contributed by atoms with van der Waals surface area (Å²) < 4.78 is 0. The Morgan fingerprint density at radius 1 is 1.07 bits per heavy atom. The molecule has 0 unspecified atom stereocenters. The van der Waals surface area contributed by atoms with Crippen LogP contribution in [-0.4, -0.2) is 39.4 Å². The fraction of sp³-hybridized carbons (Fsp3) is 0.450. The second-order valence-electron chi connectivity index (χ2n) is 7.31. The number of fused-ring (bicyclic) bond motifs is 1. The molecule has 0 atom stereocenters. The maximum absolute atomic E-state index is 12.4. The average Bonchev–Trinajstić information content (AvgIpc) is 3.24. The molecule has 4 rings (SSSR count). The summed E-state index contributed by atoms with van der Waals surface area (Å²) in [5.74, 6) is -0.0952. The molecule has 0 saturated heterocycles. The van der Waals surface area contributed by atoms with Gasteiger partial charge in [0.05, 0.1) is 11.1 Å². The molecule has 1 aliphatic heterocycles. The van der Waals surface area contributed by atoms with E-state index in [1.165, 1.54) is 35.5 Å². The highest BCUT2D eigenvalue weighted by Crippen LogP contribution is 2.27. The first kappa shape index (κ1) is 18.7. The maximum Gasteiger partial charge on any atom is 0.261 e. The summed E-state index contributed by atoms with van der Waals surface area (Å²) in [6.45, 7) is 0.247. The smallest absolute Gasteiger partial charge is 0.261 e. The summed E-state index contributed by atoms with van der Waals surface area (Å²) >= 11 is 1.29. The molecule has 2 aliphatic rings. The quantitative estimate of drug-likeness (QED) is 0.754. The van der Waals surface area contributed by atoms with Gasteiger partial charge in [0, 0.05) is 19.4 Å². The molecular formula is C20H22N4O3S. The Hall–Kier alpha value is -2.61. The first-order valence-corrected chi connectivity index (χ1v) is 10.5. The van der Waals surface area contributed by atoms with Crippen molar-refractivity contribution in [3.8, 4) is 0 Å². The van der Waals surface area contributed by atoms with Crippen LogP contribution in [0.4, 0.5) is 5.13 Å². The minimum Gasteiger partial charge on any atom is -0.301 e. The molecule has 8 heteroatoms. The van der Waals surface area contributed by atoms with Gasteiger partial charge >= 0.3 is 0 Å². The van der Waals surface area contributed by atoms with Gasteiger partial charge in [-0.25, -0.2) is 0 Å². The van der Waals surface area contributed by atoms with Gasteiger partial charge in [0.25, 0.3) is 11.8 Å². The summed E-state index contributed by atoms with van der Waals surface area (Å²) in [6, 6.07) is 6.84. The van der Waals surface area contributed by atoms with Crippen LogP contribution in [-0.2, 0) is 11.2 Å². The van der Waals surface area contributed by atoms with E-state index < -0.39 is 0 Å². The summed E-state index contributed by atoms with van der Waals surface area (Å²) in [5, 5.41) is 12.1. The van der Waals surface area contributed by atoms with Crippen LogP contribution >= 0.6 is 11.3 Å². The number of carbonyl (C=O) groups is 3. The Kier molecular flexibility index (Phi) is 5.47. The van der Waals surface area contributed by atoms with E-state index in [0.717, 1.165) is 12.8 Å². The van der Waals surface area contributed by atoms with Crippen LogP contribution in [0.25, 0.3) is 0 Å². The molecule has 2 heterocycles. The van der Waals surface area contributed by atoms with E-state index in [-0.39, 0.29) is 24.3 Å². The number of amides is 3. The molecule has 28 heavy (non-hydrogen) atoms. The third-order valence-electron chi connectivity index (χ3n) is 5.34. The number of anilines is 1. The van der Waals surface area contributed by atoms with Gasteiger partial charge in [-0.05, 0) is 30.9 Å². The summed E-state index contributed by atoms with van der Waals surface area (Å²) in [6.07, 6.45) is 6.87. The summed E-state index contributed by atoms with van der Waals surface area (Å²) in [5.41, 5.74) is 0.890. The van der Waals surface area contributed by atoms with Crippen molar-refractivity contribution in [1.29, 1.82) is 0 Å². The van der Waals surface area contributed by atoms with Crippen LogP contribution in [0, 0.1) is 5.92 Å². The van der Waals surface area contributed by atoms with Crippen LogP contribution in [0.5, 0.6) is 0 Å². The number of nitrogens with one attached hydrogen (secondary N) is 1. The lowest BCUT2D eigenvalue weighted by Gasteiger charge is -2.20. The van der Waals surface area contributed by atoms with Crippen LogP contribution in [0.15, 0.2) is 24.3 Å². The standard InChI is InChI=1S/C20H22N4O3S/c25-16(12-13-6-2-1-3-7-13)21-20-23-22-17(28-20)10-11-24-18(26)14-8-4-5-9-15(14)19(24)27/h4-5,8-9,13H,1-3,6-7,10-12H2,(H,21,23,25). The number of nitrogens with zero attached hydrogens (tertiary/aromatic N) is 3. The molecule has 0 bridgehead atoms. The van der Waals surface area contributed by atoms with Crippen molar-refractivity contribution in [2.75, 3.05) is 11.9 Å². The van der Waals surface area contributed by atoms with Crippen LogP contribution in [0.3, 0.4) is 0 Å². The van der Waals surface area contributed by atoms with Gasteiger partial charge in [-0.1, -0.05) is 42.7 Å². The SMILES string of the molecule is O=C(CC1CCCCC1)Nc1nnc(CCN2C(=O)c3ccccc3C2=O)s1. The normalized spacial score (nSPS) is 17.1. The highest BCUT2D eigenvalue weighted by molar-refractivity contribution is 7.15. The zero-order valence-corrected chi connectivity index (χ0v) is 16.3. The maximum atomic E-state index is 12.4. The van der Waals surface area contributed by atoms with E-state index in [2.05, 4.69) is 15.5 Å². The van der Waals surface area contributed by atoms with E-state index in [9.17, 15) is 14.4 Å². The van der Waals surface area contributed by atoms with E-state index in [1.54, 1.807) is 24.3 Å². The molecule has 1 aliphatic carbocycles.